The van der Waals surface area contributed by atoms with E-state index in [0.29, 0.717) is 30.0 Å². The average molecular weight is 381 g/mol. The fourth-order valence-electron chi connectivity index (χ4n) is 5.39. The van der Waals surface area contributed by atoms with Gasteiger partial charge in [-0.15, -0.1) is 0 Å². The molecule has 6 nitrogen and oxygen atoms in total. The number of aromatic nitrogens is 2. The molecule has 28 heavy (non-hydrogen) atoms. The molecule has 2 aromatic rings. The van der Waals surface area contributed by atoms with Gasteiger partial charge in [0.05, 0.1) is 11.6 Å². The van der Waals surface area contributed by atoms with Crippen LogP contribution in [0.3, 0.4) is 0 Å². The molecule has 1 N–H and O–H groups in total. The summed E-state index contributed by atoms with van der Waals surface area (Å²) in [6.45, 7) is 2.83. The number of amides is 1. The van der Waals surface area contributed by atoms with Crippen LogP contribution in [0.25, 0.3) is 0 Å². The lowest BCUT2D eigenvalue weighted by Crippen LogP contribution is -2.60. The highest BCUT2D eigenvalue weighted by atomic mass is 19.1. The lowest BCUT2D eigenvalue weighted by Gasteiger charge is -2.51. The van der Waals surface area contributed by atoms with E-state index in [1.165, 1.54) is 12.1 Å². The minimum absolute atomic E-state index is 0.00369. The van der Waals surface area contributed by atoms with Gasteiger partial charge in [-0.3, -0.25) is 9.69 Å². The second-order valence-corrected chi connectivity index (χ2v) is 8.02. The van der Waals surface area contributed by atoms with Gasteiger partial charge in [0.1, 0.15) is 5.82 Å². The van der Waals surface area contributed by atoms with Gasteiger partial charge in [0.25, 0.3) is 5.91 Å². The summed E-state index contributed by atoms with van der Waals surface area (Å²) >= 11 is 0. The molecule has 0 unspecified atom stereocenters. The molecular formula is C21H24FN5O. The molecule has 4 aliphatic rings. The molecule has 1 aromatic carbocycles. The van der Waals surface area contributed by atoms with Crippen molar-refractivity contribution in [2.45, 2.75) is 30.8 Å². The molecule has 4 fully saturated rings. The Morgan fingerprint density at radius 1 is 1.11 bits per heavy atom. The Morgan fingerprint density at radius 2 is 1.79 bits per heavy atom. The highest BCUT2D eigenvalue weighted by molar-refractivity contribution is 5.94. The van der Waals surface area contributed by atoms with Crippen LogP contribution in [0.2, 0.25) is 0 Å². The molecule has 2 bridgehead atoms. The van der Waals surface area contributed by atoms with Gasteiger partial charge in [-0.1, -0.05) is 12.1 Å². The highest BCUT2D eigenvalue weighted by Crippen LogP contribution is 2.46. The zero-order valence-electron chi connectivity index (χ0n) is 15.9. The average Bonchev–Trinajstić information content (AvgIpc) is 3.17. The fraction of sp³-hybridized carbons (Fsp3) is 0.476. The van der Waals surface area contributed by atoms with Crippen LogP contribution in [0, 0.1) is 11.7 Å². The van der Waals surface area contributed by atoms with Gasteiger partial charge >= 0.3 is 0 Å². The lowest BCUT2D eigenvalue weighted by atomic mass is 9.75. The normalized spacial score (nSPS) is 30.9. The summed E-state index contributed by atoms with van der Waals surface area (Å²) in [5, 5.41) is 2.88. The molecule has 0 saturated carbocycles. The van der Waals surface area contributed by atoms with Crippen molar-refractivity contribution in [3.05, 3.63) is 53.6 Å². The summed E-state index contributed by atoms with van der Waals surface area (Å²) in [7, 11) is 1.75. The molecule has 0 radical (unpaired) electrons. The van der Waals surface area contributed by atoms with E-state index >= 15 is 0 Å². The van der Waals surface area contributed by atoms with Crippen LogP contribution in [-0.4, -0.2) is 64.4 Å². The zero-order valence-corrected chi connectivity index (χ0v) is 15.9. The summed E-state index contributed by atoms with van der Waals surface area (Å²) in [5.41, 5.74) is 1.63. The minimum atomic E-state index is -0.224. The molecule has 5 heterocycles. The first-order valence-electron chi connectivity index (χ1n) is 9.96. The van der Waals surface area contributed by atoms with Gasteiger partial charge in [-0.2, -0.15) is 0 Å². The molecule has 3 atom stereocenters. The number of rotatable bonds is 3. The summed E-state index contributed by atoms with van der Waals surface area (Å²) < 4.78 is 13.5. The number of carbonyl (C=O) groups excluding carboxylic acids is 1. The Morgan fingerprint density at radius 3 is 2.43 bits per heavy atom. The SMILES string of the molecule is CNc1ncc(C(=O)N2C[C@@H](c3ccc(F)cc3)[C@@H]3[C@H]2C2CCN3CC2)cn1. The summed E-state index contributed by atoms with van der Waals surface area (Å²) in [5.74, 6) is 1.01. The molecule has 1 amide bonds. The number of nitrogens with zero attached hydrogens (tertiary/aromatic N) is 4. The van der Waals surface area contributed by atoms with Crippen molar-refractivity contribution >= 4 is 11.9 Å². The number of piperidine rings is 3. The quantitative estimate of drug-likeness (QED) is 0.885. The molecule has 0 aliphatic carbocycles. The first kappa shape index (κ1) is 17.6. The maximum Gasteiger partial charge on any atom is 0.257 e. The molecule has 4 aliphatic heterocycles. The third-order valence-corrected chi connectivity index (χ3v) is 6.68. The van der Waals surface area contributed by atoms with Gasteiger partial charge in [-0.05, 0) is 49.5 Å². The number of fused-ring (bicyclic) bond motifs is 2. The van der Waals surface area contributed by atoms with Crippen molar-refractivity contribution in [1.82, 2.24) is 19.8 Å². The second kappa shape index (κ2) is 6.81. The van der Waals surface area contributed by atoms with Crippen molar-refractivity contribution in [1.29, 1.82) is 0 Å². The van der Waals surface area contributed by atoms with E-state index in [1.54, 1.807) is 19.4 Å². The van der Waals surface area contributed by atoms with Crippen molar-refractivity contribution in [2.75, 3.05) is 32.0 Å². The number of hydrogen-bond donors (Lipinski definition) is 1. The topological polar surface area (TPSA) is 61.4 Å². The standard InChI is InChI=1S/C21H24FN5O/c1-23-21-24-10-15(11-25-21)20(28)27-12-17(13-2-4-16(22)5-3-13)19-18(27)14-6-8-26(19)9-7-14/h2-5,10-11,14,17-19H,6-9,12H2,1H3,(H,23,24,25)/t17-,18+,19+/m0/s1. The van der Waals surface area contributed by atoms with Crippen molar-refractivity contribution < 1.29 is 9.18 Å². The molecule has 1 aromatic heterocycles. The Hall–Kier alpha value is -2.54. The van der Waals surface area contributed by atoms with Crippen molar-refractivity contribution in [3.63, 3.8) is 0 Å². The molecule has 7 heteroatoms. The highest BCUT2D eigenvalue weighted by Gasteiger charge is 2.54. The molecule has 146 valence electrons. The smallest absolute Gasteiger partial charge is 0.257 e. The third-order valence-electron chi connectivity index (χ3n) is 6.68. The van der Waals surface area contributed by atoms with E-state index in [4.69, 9.17) is 0 Å². The third kappa shape index (κ3) is 2.76. The Balaban J connectivity index is 1.49. The summed E-state index contributed by atoms with van der Waals surface area (Å²) in [6.07, 6.45) is 5.47. The fourth-order valence-corrected chi connectivity index (χ4v) is 5.39. The van der Waals surface area contributed by atoms with Crippen molar-refractivity contribution in [2.24, 2.45) is 5.92 Å². The van der Waals surface area contributed by atoms with E-state index in [9.17, 15) is 9.18 Å². The van der Waals surface area contributed by atoms with E-state index in [-0.39, 0.29) is 23.7 Å². The number of carbonyl (C=O) groups is 1. The maximum atomic E-state index is 13.5. The first-order chi connectivity index (χ1) is 13.7. The van der Waals surface area contributed by atoms with Crippen LogP contribution in [0.5, 0.6) is 0 Å². The second-order valence-electron chi connectivity index (χ2n) is 8.02. The van der Waals surface area contributed by atoms with Gasteiger partial charge in [0.2, 0.25) is 5.95 Å². The minimum Gasteiger partial charge on any atom is -0.357 e. The lowest BCUT2D eigenvalue weighted by molar-refractivity contribution is -0.00343. The molecule has 4 saturated heterocycles. The number of anilines is 1. The van der Waals surface area contributed by atoms with E-state index in [0.717, 1.165) is 31.5 Å². The number of benzene rings is 1. The zero-order chi connectivity index (χ0) is 19.3. The Bertz CT molecular complexity index is 863. The summed E-state index contributed by atoms with van der Waals surface area (Å²) in [4.78, 5) is 26.3. The Kier molecular flexibility index (Phi) is 4.27. The van der Waals surface area contributed by atoms with E-state index in [1.807, 2.05) is 17.0 Å². The number of hydrogen-bond acceptors (Lipinski definition) is 5. The van der Waals surface area contributed by atoms with Gasteiger partial charge < -0.3 is 10.2 Å². The predicted molar refractivity (Wildman–Crippen MR) is 104 cm³/mol. The van der Waals surface area contributed by atoms with Gasteiger partial charge in [0, 0.05) is 37.9 Å². The van der Waals surface area contributed by atoms with Crippen LogP contribution in [0.15, 0.2) is 36.7 Å². The van der Waals surface area contributed by atoms with Gasteiger partial charge in [-0.25, -0.2) is 14.4 Å². The van der Waals surface area contributed by atoms with E-state index < -0.39 is 0 Å². The molecule has 6 rings (SSSR count). The first-order valence-corrected chi connectivity index (χ1v) is 9.96. The largest absolute Gasteiger partial charge is 0.357 e. The van der Waals surface area contributed by atoms with Crippen LogP contribution < -0.4 is 5.32 Å². The van der Waals surface area contributed by atoms with Crippen LogP contribution in [0.1, 0.15) is 34.7 Å². The monoisotopic (exact) mass is 381 g/mol. The summed E-state index contributed by atoms with van der Waals surface area (Å²) in [6, 6.07) is 7.30. The van der Waals surface area contributed by atoms with Crippen LogP contribution in [-0.2, 0) is 0 Å². The molecule has 0 spiro atoms. The maximum absolute atomic E-state index is 13.5. The van der Waals surface area contributed by atoms with Crippen molar-refractivity contribution in [3.8, 4) is 0 Å². The van der Waals surface area contributed by atoms with Crippen LogP contribution >= 0.6 is 0 Å². The Labute approximate surface area is 163 Å². The number of nitrogens with one attached hydrogen (secondary N) is 1. The van der Waals surface area contributed by atoms with Gasteiger partial charge in [0.15, 0.2) is 0 Å². The molecular weight excluding hydrogens is 357 g/mol. The van der Waals surface area contributed by atoms with Crippen LogP contribution in [0.4, 0.5) is 10.3 Å². The number of halogens is 1. The van der Waals surface area contributed by atoms with E-state index in [2.05, 4.69) is 20.2 Å². The number of likely N-dealkylation sites (tertiary alicyclic amines) is 1. The predicted octanol–water partition coefficient (Wildman–Crippen LogP) is 2.36.